The van der Waals surface area contributed by atoms with Crippen LogP contribution in [0.4, 0.5) is 5.69 Å². The van der Waals surface area contributed by atoms with Crippen LogP contribution in [-0.2, 0) is 5.75 Å². The van der Waals surface area contributed by atoms with Gasteiger partial charge >= 0.3 is 0 Å². The van der Waals surface area contributed by atoms with Crippen LogP contribution in [0, 0.1) is 0 Å². The third-order valence-electron chi connectivity index (χ3n) is 2.58. The van der Waals surface area contributed by atoms with E-state index >= 15 is 0 Å². The molecule has 0 radical (unpaired) electrons. The zero-order valence-corrected chi connectivity index (χ0v) is 12.1. The zero-order valence-electron chi connectivity index (χ0n) is 10.5. The van der Waals surface area contributed by atoms with Gasteiger partial charge in [-0.25, -0.2) is 0 Å². The van der Waals surface area contributed by atoms with Crippen LogP contribution in [0.1, 0.15) is 15.9 Å². The van der Waals surface area contributed by atoms with Gasteiger partial charge in [-0.1, -0.05) is 29.8 Å². The molecule has 0 unspecified atom stereocenters. The van der Waals surface area contributed by atoms with E-state index in [-0.39, 0.29) is 5.91 Å². The molecule has 0 fully saturated rings. The largest absolute Gasteiger partial charge is 0.322 e. The molecule has 4 heteroatoms. The van der Waals surface area contributed by atoms with Crippen LogP contribution in [0.3, 0.4) is 0 Å². The first kappa shape index (κ1) is 14.0. The van der Waals surface area contributed by atoms with Crippen molar-refractivity contribution in [3.63, 3.8) is 0 Å². The Morgan fingerprint density at radius 3 is 2.74 bits per heavy atom. The van der Waals surface area contributed by atoms with Gasteiger partial charge in [0.15, 0.2) is 0 Å². The molecular weight excluding hydrogens is 278 g/mol. The van der Waals surface area contributed by atoms with Gasteiger partial charge in [-0.05, 0) is 42.2 Å². The van der Waals surface area contributed by atoms with Gasteiger partial charge in [0.2, 0.25) is 0 Å². The monoisotopic (exact) mass is 291 g/mol. The van der Waals surface area contributed by atoms with Crippen molar-refractivity contribution in [2.24, 2.45) is 0 Å². The zero-order chi connectivity index (χ0) is 13.7. The van der Waals surface area contributed by atoms with Crippen molar-refractivity contribution >= 4 is 35.0 Å². The summed E-state index contributed by atoms with van der Waals surface area (Å²) < 4.78 is 0. The first-order valence-corrected chi connectivity index (χ1v) is 7.61. The highest BCUT2D eigenvalue weighted by Gasteiger charge is 2.06. The smallest absolute Gasteiger partial charge is 0.255 e. The number of nitrogens with one attached hydrogen (secondary N) is 1. The molecule has 0 aliphatic heterocycles. The molecule has 0 aliphatic carbocycles. The van der Waals surface area contributed by atoms with Crippen LogP contribution in [0.15, 0.2) is 48.5 Å². The number of hydrogen-bond donors (Lipinski definition) is 1. The van der Waals surface area contributed by atoms with E-state index in [2.05, 4.69) is 5.32 Å². The third-order valence-corrected chi connectivity index (χ3v) is 3.44. The van der Waals surface area contributed by atoms with E-state index in [1.54, 1.807) is 23.9 Å². The second kappa shape index (κ2) is 6.64. The maximum atomic E-state index is 12.1. The fourth-order valence-corrected chi connectivity index (χ4v) is 2.44. The number of benzene rings is 2. The third kappa shape index (κ3) is 4.01. The van der Waals surface area contributed by atoms with Crippen LogP contribution in [-0.4, -0.2) is 12.2 Å². The molecule has 0 saturated heterocycles. The summed E-state index contributed by atoms with van der Waals surface area (Å²) in [7, 11) is 0. The van der Waals surface area contributed by atoms with Crippen molar-refractivity contribution in [3.8, 4) is 0 Å². The van der Waals surface area contributed by atoms with Gasteiger partial charge in [-0.15, -0.1) is 0 Å². The maximum absolute atomic E-state index is 12.1. The van der Waals surface area contributed by atoms with E-state index in [0.717, 1.165) is 11.3 Å². The summed E-state index contributed by atoms with van der Waals surface area (Å²) in [6, 6.07) is 14.8. The normalized spacial score (nSPS) is 10.2. The molecule has 0 aromatic heterocycles. The number of thioether (sulfide) groups is 1. The van der Waals surface area contributed by atoms with Gasteiger partial charge in [0.25, 0.3) is 5.91 Å². The molecule has 0 bridgehead atoms. The van der Waals surface area contributed by atoms with Gasteiger partial charge in [0.1, 0.15) is 0 Å². The molecule has 0 heterocycles. The predicted octanol–water partition coefficient (Wildman–Crippen LogP) is 4.46. The van der Waals surface area contributed by atoms with E-state index in [1.807, 2.05) is 42.7 Å². The van der Waals surface area contributed by atoms with Crippen molar-refractivity contribution in [1.29, 1.82) is 0 Å². The highest BCUT2D eigenvalue weighted by molar-refractivity contribution is 7.97. The average molecular weight is 292 g/mol. The Labute approximate surface area is 122 Å². The summed E-state index contributed by atoms with van der Waals surface area (Å²) in [4.78, 5) is 12.1. The molecule has 19 heavy (non-hydrogen) atoms. The lowest BCUT2D eigenvalue weighted by atomic mass is 10.1. The van der Waals surface area contributed by atoms with Gasteiger partial charge in [-0.2, -0.15) is 11.8 Å². The van der Waals surface area contributed by atoms with E-state index in [4.69, 9.17) is 11.6 Å². The second-order valence-corrected chi connectivity index (χ2v) is 5.40. The fourth-order valence-electron chi connectivity index (χ4n) is 1.74. The van der Waals surface area contributed by atoms with E-state index in [0.29, 0.717) is 16.3 Å². The number of halogens is 1. The molecule has 2 rings (SSSR count). The van der Waals surface area contributed by atoms with Crippen molar-refractivity contribution in [2.75, 3.05) is 11.6 Å². The predicted molar refractivity (Wildman–Crippen MR) is 83.1 cm³/mol. The number of amides is 1. The van der Waals surface area contributed by atoms with Crippen LogP contribution in [0.5, 0.6) is 0 Å². The van der Waals surface area contributed by atoms with Crippen molar-refractivity contribution in [2.45, 2.75) is 5.75 Å². The van der Waals surface area contributed by atoms with Gasteiger partial charge in [0, 0.05) is 22.0 Å². The SMILES string of the molecule is CSCc1cccc(C(=O)Nc2cccc(Cl)c2)c1. The Bertz CT molecular complexity index is 586. The molecule has 2 aromatic rings. The molecule has 1 amide bonds. The topological polar surface area (TPSA) is 29.1 Å². The standard InChI is InChI=1S/C15H14ClNOS/c1-19-10-11-4-2-5-12(8-11)15(18)17-14-7-3-6-13(16)9-14/h2-9H,10H2,1H3,(H,17,18). The summed E-state index contributed by atoms with van der Waals surface area (Å²) in [5.41, 5.74) is 2.51. The number of hydrogen-bond acceptors (Lipinski definition) is 2. The minimum Gasteiger partial charge on any atom is -0.322 e. The molecule has 0 spiro atoms. The highest BCUT2D eigenvalue weighted by atomic mass is 35.5. The average Bonchev–Trinajstić information content (AvgIpc) is 2.39. The second-order valence-electron chi connectivity index (χ2n) is 4.10. The van der Waals surface area contributed by atoms with Crippen molar-refractivity contribution in [3.05, 3.63) is 64.7 Å². The lowest BCUT2D eigenvalue weighted by molar-refractivity contribution is 0.102. The Morgan fingerprint density at radius 2 is 2.00 bits per heavy atom. The number of carbonyl (C=O) groups excluding carboxylic acids is 1. The lowest BCUT2D eigenvalue weighted by Crippen LogP contribution is -2.11. The van der Waals surface area contributed by atoms with Crippen molar-refractivity contribution < 1.29 is 4.79 Å². The van der Waals surface area contributed by atoms with Crippen molar-refractivity contribution in [1.82, 2.24) is 0 Å². The minimum atomic E-state index is -0.120. The van der Waals surface area contributed by atoms with Crippen LogP contribution >= 0.6 is 23.4 Å². The molecular formula is C15H14ClNOS. The van der Waals surface area contributed by atoms with Gasteiger partial charge in [0.05, 0.1) is 0 Å². The Hall–Kier alpha value is -1.45. The molecule has 98 valence electrons. The molecule has 1 N–H and O–H groups in total. The molecule has 0 aliphatic rings. The molecule has 0 saturated carbocycles. The summed E-state index contributed by atoms with van der Waals surface area (Å²) >= 11 is 7.62. The maximum Gasteiger partial charge on any atom is 0.255 e. The molecule has 2 aromatic carbocycles. The van der Waals surface area contributed by atoms with Gasteiger partial charge < -0.3 is 5.32 Å². The van der Waals surface area contributed by atoms with Crippen LogP contribution in [0.25, 0.3) is 0 Å². The highest BCUT2D eigenvalue weighted by Crippen LogP contribution is 2.17. The summed E-state index contributed by atoms with van der Waals surface area (Å²) in [6.45, 7) is 0. The summed E-state index contributed by atoms with van der Waals surface area (Å²) in [5, 5.41) is 3.44. The first-order chi connectivity index (χ1) is 9.19. The lowest BCUT2D eigenvalue weighted by Gasteiger charge is -2.07. The Morgan fingerprint density at radius 1 is 1.21 bits per heavy atom. The van der Waals surface area contributed by atoms with Crippen LogP contribution in [0.2, 0.25) is 5.02 Å². The molecule has 2 nitrogen and oxygen atoms in total. The Balaban J connectivity index is 2.13. The molecule has 0 atom stereocenters. The quantitative estimate of drug-likeness (QED) is 0.901. The fraction of sp³-hybridized carbons (Fsp3) is 0.133. The van der Waals surface area contributed by atoms with Gasteiger partial charge in [-0.3, -0.25) is 4.79 Å². The first-order valence-electron chi connectivity index (χ1n) is 5.84. The number of anilines is 1. The van der Waals surface area contributed by atoms with E-state index in [1.165, 1.54) is 0 Å². The summed E-state index contributed by atoms with van der Waals surface area (Å²) in [5.74, 6) is 0.781. The van der Waals surface area contributed by atoms with Crippen LogP contribution < -0.4 is 5.32 Å². The number of carbonyl (C=O) groups is 1. The summed E-state index contributed by atoms with van der Waals surface area (Å²) in [6.07, 6.45) is 2.04. The Kier molecular flexibility index (Phi) is 4.88. The van der Waals surface area contributed by atoms with E-state index < -0.39 is 0 Å². The van der Waals surface area contributed by atoms with E-state index in [9.17, 15) is 4.79 Å². The minimum absolute atomic E-state index is 0.120. The number of rotatable bonds is 4.